The Kier molecular flexibility index (Phi) is 6.93. The maximum Gasteiger partial charge on any atom is 0.246 e. The number of nitrogens with one attached hydrogen (secondary N) is 2. The predicted octanol–water partition coefficient (Wildman–Crippen LogP) is 3.39. The van der Waals surface area contributed by atoms with Gasteiger partial charge in [-0.05, 0) is 72.8 Å². The van der Waals surface area contributed by atoms with Gasteiger partial charge in [0.05, 0.1) is 12.1 Å². The van der Waals surface area contributed by atoms with Crippen LogP contribution in [0.1, 0.15) is 74.6 Å². The highest BCUT2D eigenvalue weighted by Crippen LogP contribution is 2.59. The summed E-state index contributed by atoms with van der Waals surface area (Å²) in [7, 11) is 1.48. The number of carbonyl (C=O) groups excluding carboxylic acids is 1. The molecule has 0 radical (unpaired) electrons. The molecular weight excluding hydrogens is 498 g/mol. The molecule has 2 aliphatic carbocycles. The molecular formula is C30H39N3O6. The van der Waals surface area contributed by atoms with E-state index >= 15 is 0 Å². The minimum absolute atomic E-state index is 0.0129. The minimum Gasteiger partial charge on any atom is -0.471 e. The molecule has 6 rings (SSSR count). The summed E-state index contributed by atoms with van der Waals surface area (Å²) in [6, 6.07) is 7.44. The van der Waals surface area contributed by atoms with E-state index in [-0.39, 0.29) is 30.9 Å². The van der Waals surface area contributed by atoms with Crippen LogP contribution in [0.15, 0.2) is 30.5 Å². The average molecular weight is 538 g/mol. The van der Waals surface area contributed by atoms with Crippen molar-refractivity contribution in [2.45, 2.75) is 82.1 Å². The number of rotatable bonds is 10. The smallest absolute Gasteiger partial charge is 0.246 e. The van der Waals surface area contributed by atoms with Crippen molar-refractivity contribution < 1.29 is 28.8 Å². The third kappa shape index (κ3) is 5.44. The molecule has 210 valence electrons. The van der Waals surface area contributed by atoms with Crippen LogP contribution in [0.3, 0.4) is 0 Å². The molecule has 2 aliphatic heterocycles. The van der Waals surface area contributed by atoms with E-state index < -0.39 is 12.1 Å². The molecule has 1 spiro atoms. The SMILES string of the molecule is COCC(=O)N[C@@H](Cc1ccc2c(c1)OCO2)[C@H](O)CN[C@H]1CC2(CCC2)Oc2ncc(C3CC3(C)C)cc21. The Morgan fingerprint density at radius 1 is 1.21 bits per heavy atom. The summed E-state index contributed by atoms with van der Waals surface area (Å²) in [5.74, 6) is 2.33. The maximum absolute atomic E-state index is 12.5. The Morgan fingerprint density at radius 3 is 2.72 bits per heavy atom. The Hall–Kier alpha value is -2.88. The normalized spacial score (nSPS) is 24.7. The lowest BCUT2D eigenvalue weighted by Crippen LogP contribution is -2.52. The van der Waals surface area contributed by atoms with E-state index in [1.807, 2.05) is 24.4 Å². The summed E-state index contributed by atoms with van der Waals surface area (Å²) in [4.78, 5) is 17.2. The number of methoxy groups -OCH3 is 1. The number of carbonyl (C=O) groups is 1. The van der Waals surface area contributed by atoms with Gasteiger partial charge in [-0.25, -0.2) is 4.98 Å². The maximum atomic E-state index is 12.5. The largest absolute Gasteiger partial charge is 0.471 e. The standard InChI is InChI=1S/C30H39N3O6/c1-29(2)12-21(29)19-11-20-23(13-30(7-4-8-30)39-28(20)32-14-19)31-15-24(34)22(33-27(35)16-36-3)9-18-5-6-25-26(10-18)38-17-37-25/h5-6,10-11,14,21-24,31,34H,4,7-9,12-13,15-17H2,1-3H3,(H,33,35)/t21?,22-,23-,24+/m0/s1. The highest BCUT2D eigenvalue weighted by Gasteiger charge is 2.49. The van der Waals surface area contributed by atoms with E-state index in [0.717, 1.165) is 43.2 Å². The Balaban J connectivity index is 1.18. The molecule has 4 aliphatic rings. The number of nitrogens with zero attached hydrogens (tertiary/aromatic N) is 1. The van der Waals surface area contributed by atoms with Crippen LogP contribution in [-0.4, -0.2) is 60.8 Å². The monoisotopic (exact) mass is 537 g/mol. The lowest BCUT2D eigenvalue weighted by atomic mass is 9.73. The summed E-state index contributed by atoms with van der Waals surface area (Å²) in [6.45, 7) is 5.02. The highest BCUT2D eigenvalue weighted by molar-refractivity contribution is 5.77. The van der Waals surface area contributed by atoms with Gasteiger partial charge in [0.1, 0.15) is 12.2 Å². The summed E-state index contributed by atoms with van der Waals surface area (Å²) in [5.41, 5.74) is 3.39. The van der Waals surface area contributed by atoms with Crippen LogP contribution < -0.4 is 24.8 Å². The topological polar surface area (TPSA) is 111 Å². The van der Waals surface area contributed by atoms with Crippen molar-refractivity contribution in [2.75, 3.05) is 27.1 Å². The first kappa shape index (κ1) is 26.3. The number of benzene rings is 1. The van der Waals surface area contributed by atoms with Gasteiger partial charge in [0.2, 0.25) is 18.6 Å². The fourth-order valence-electron chi connectivity index (χ4n) is 6.23. The molecule has 9 nitrogen and oxygen atoms in total. The van der Waals surface area contributed by atoms with Crippen LogP contribution in [0.4, 0.5) is 0 Å². The van der Waals surface area contributed by atoms with Crippen molar-refractivity contribution in [3.8, 4) is 17.4 Å². The Bertz CT molecular complexity index is 1230. The van der Waals surface area contributed by atoms with E-state index in [0.29, 0.717) is 41.7 Å². The zero-order chi connectivity index (χ0) is 27.2. The van der Waals surface area contributed by atoms with Crippen molar-refractivity contribution in [2.24, 2.45) is 5.41 Å². The second-order valence-corrected chi connectivity index (χ2v) is 12.3. The quantitative estimate of drug-likeness (QED) is 0.423. The molecule has 0 saturated heterocycles. The molecule has 39 heavy (non-hydrogen) atoms. The van der Waals surface area contributed by atoms with Crippen molar-refractivity contribution in [1.82, 2.24) is 15.6 Å². The molecule has 4 atom stereocenters. The van der Waals surface area contributed by atoms with Crippen LogP contribution in [0, 0.1) is 5.41 Å². The number of aromatic nitrogens is 1. The molecule has 3 heterocycles. The average Bonchev–Trinajstić information content (AvgIpc) is 3.29. The van der Waals surface area contributed by atoms with Crippen LogP contribution in [0.25, 0.3) is 0 Å². The van der Waals surface area contributed by atoms with Crippen molar-refractivity contribution in [3.63, 3.8) is 0 Å². The third-order valence-electron chi connectivity index (χ3n) is 8.90. The van der Waals surface area contributed by atoms with Gasteiger partial charge in [-0.15, -0.1) is 0 Å². The second-order valence-electron chi connectivity index (χ2n) is 12.3. The third-order valence-corrected chi connectivity index (χ3v) is 8.90. The molecule has 2 aromatic rings. The summed E-state index contributed by atoms with van der Waals surface area (Å²) < 4.78 is 22.4. The molecule has 0 bridgehead atoms. The van der Waals surface area contributed by atoms with Crippen LogP contribution in [0.5, 0.6) is 17.4 Å². The molecule has 1 aromatic carbocycles. The first-order valence-corrected chi connectivity index (χ1v) is 14.0. The van der Waals surface area contributed by atoms with E-state index in [4.69, 9.17) is 23.9 Å². The molecule has 1 unspecified atom stereocenters. The molecule has 9 heteroatoms. The fourth-order valence-corrected chi connectivity index (χ4v) is 6.23. The predicted molar refractivity (Wildman–Crippen MR) is 144 cm³/mol. The number of aliphatic hydroxyl groups excluding tert-OH is 1. The molecule has 2 saturated carbocycles. The van der Waals surface area contributed by atoms with Gasteiger partial charge in [0.15, 0.2) is 11.5 Å². The summed E-state index contributed by atoms with van der Waals surface area (Å²) in [5, 5.41) is 17.9. The lowest BCUT2D eigenvalue weighted by molar-refractivity contribution is -0.126. The van der Waals surface area contributed by atoms with E-state index in [9.17, 15) is 9.90 Å². The minimum atomic E-state index is -0.835. The molecule has 3 N–H and O–H groups in total. The van der Waals surface area contributed by atoms with Gasteiger partial charge in [0, 0.05) is 37.9 Å². The number of aliphatic hydroxyl groups is 1. The van der Waals surface area contributed by atoms with Crippen molar-refractivity contribution in [1.29, 1.82) is 0 Å². The number of hydrogen-bond donors (Lipinski definition) is 3. The molecule has 1 aromatic heterocycles. The first-order chi connectivity index (χ1) is 18.7. The second kappa shape index (κ2) is 10.3. The number of pyridine rings is 1. The molecule has 2 fully saturated rings. The molecule has 1 amide bonds. The van der Waals surface area contributed by atoms with Gasteiger partial charge in [-0.3, -0.25) is 4.79 Å². The van der Waals surface area contributed by atoms with Gasteiger partial charge in [0.25, 0.3) is 0 Å². The van der Waals surface area contributed by atoms with Crippen LogP contribution in [-0.2, 0) is 16.0 Å². The van der Waals surface area contributed by atoms with Gasteiger partial charge in [-0.1, -0.05) is 19.9 Å². The number of hydrogen-bond acceptors (Lipinski definition) is 8. The number of ether oxygens (including phenoxy) is 4. The van der Waals surface area contributed by atoms with E-state index in [1.165, 1.54) is 12.7 Å². The van der Waals surface area contributed by atoms with E-state index in [1.54, 1.807) is 0 Å². The number of fused-ring (bicyclic) bond motifs is 2. The highest BCUT2D eigenvalue weighted by atomic mass is 16.7. The van der Waals surface area contributed by atoms with Crippen molar-refractivity contribution >= 4 is 5.91 Å². The van der Waals surface area contributed by atoms with Crippen LogP contribution >= 0.6 is 0 Å². The lowest BCUT2D eigenvalue weighted by Gasteiger charge is -2.47. The Labute approximate surface area is 229 Å². The van der Waals surface area contributed by atoms with E-state index in [2.05, 4.69) is 30.5 Å². The van der Waals surface area contributed by atoms with Gasteiger partial charge >= 0.3 is 0 Å². The van der Waals surface area contributed by atoms with Gasteiger partial charge in [-0.2, -0.15) is 0 Å². The first-order valence-electron chi connectivity index (χ1n) is 14.0. The zero-order valence-corrected chi connectivity index (χ0v) is 23.0. The van der Waals surface area contributed by atoms with Crippen molar-refractivity contribution in [3.05, 3.63) is 47.2 Å². The Morgan fingerprint density at radius 2 is 2.00 bits per heavy atom. The number of amides is 1. The summed E-state index contributed by atoms with van der Waals surface area (Å²) in [6.07, 6.45) is 6.78. The van der Waals surface area contributed by atoms with Gasteiger partial charge < -0.3 is 34.7 Å². The summed E-state index contributed by atoms with van der Waals surface area (Å²) >= 11 is 0. The zero-order valence-electron chi connectivity index (χ0n) is 23.0. The fraction of sp³-hybridized carbons (Fsp3) is 0.600. The van der Waals surface area contributed by atoms with Crippen LogP contribution in [0.2, 0.25) is 0 Å².